The summed E-state index contributed by atoms with van der Waals surface area (Å²) < 4.78 is 38.6. The van der Waals surface area contributed by atoms with Gasteiger partial charge in [-0.1, -0.05) is 13.0 Å². The van der Waals surface area contributed by atoms with E-state index in [-0.39, 0.29) is 12.4 Å². The summed E-state index contributed by atoms with van der Waals surface area (Å²) in [5.41, 5.74) is 1.76. The summed E-state index contributed by atoms with van der Waals surface area (Å²) in [6, 6.07) is 6.16. The van der Waals surface area contributed by atoms with Gasteiger partial charge in [0, 0.05) is 36.3 Å². The first-order chi connectivity index (χ1) is 14.7. The third kappa shape index (κ3) is 5.74. The highest BCUT2D eigenvalue weighted by molar-refractivity contribution is 5.71. The molecule has 0 saturated heterocycles. The number of carbonyl (C=O) groups is 1. The maximum absolute atomic E-state index is 12.9. The van der Waals surface area contributed by atoms with E-state index < -0.39 is 23.8 Å². The van der Waals surface area contributed by atoms with Crippen LogP contribution >= 0.6 is 0 Å². The minimum Gasteiger partial charge on any atom is -0.481 e. The second-order valence-corrected chi connectivity index (χ2v) is 7.01. The lowest BCUT2D eigenvalue weighted by Gasteiger charge is -2.11. The Morgan fingerprint density at radius 2 is 1.84 bits per heavy atom. The van der Waals surface area contributed by atoms with Crippen LogP contribution in [0.15, 0.2) is 42.9 Å². The third-order valence-electron chi connectivity index (χ3n) is 4.59. The number of halogens is 3. The number of anilines is 2. The van der Waals surface area contributed by atoms with Crippen LogP contribution in [0, 0.1) is 12.8 Å². The lowest BCUT2D eigenvalue weighted by molar-refractivity contribution is -0.142. The van der Waals surface area contributed by atoms with E-state index in [2.05, 4.69) is 25.3 Å². The van der Waals surface area contributed by atoms with Crippen LogP contribution in [-0.4, -0.2) is 31.0 Å². The summed E-state index contributed by atoms with van der Waals surface area (Å²) in [6.45, 7) is 3.64. The maximum atomic E-state index is 12.9. The highest BCUT2D eigenvalue weighted by Crippen LogP contribution is 2.29. The molecule has 1 aromatic carbocycles. The Morgan fingerprint density at radius 3 is 2.45 bits per heavy atom. The van der Waals surface area contributed by atoms with Crippen molar-refractivity contribution in [1.29, 1.82) is 0 Å². The summed E-state index contributed by atoms with van der Waals surface area (Å²) in [6.07, 6.45) is 0.382. The molecule has 0 saturated carbocycles. The van der Waals surface area contributed by atoms with Crippen LogP contribution in [0.25, 0.3) is 11.1 Å². The number of aliphatic carboxylic acids is 1. The molecule has 3 aromatic rings. The number of aromatic nitrogens is 4. The molecule has 0 bridgehead atoms. The lowest BCUT2D eigenvalue weighted by Crippen LogP contribution is -2.16. The van der Waals surface area contributed by atoms with E-state index in [9.17, 15) is 23.1 Å². The van der Waals surface area contributed by atoms with Crippen molar-refractivity contribution in [2.24, 2.45) is 5.92 Å². The van der Waals surface area contributed by atoms with E-state index in [0.29, 0.717) is 23.5 Å². The second kappa shape index (κ2) is 9.07. The van der Waals surface area contributed by atoms with Crippen molar-refractivity contribution in [2.75, 3.05) is 5.32 Å². The van der Waals surface area contributed by atoms with Crippen LogP contribution in [0.1, 0.15) is 30.4 Å². The molecule has 162 valence electrons. The van der Waals surface area contributed by atoms with Gasteiger partial charge in [-0.3, -0.25) is 4.79 Å². The number of hydrogen-bond donors (Lipinski definition) is 2. The number of aryl methyl sites for hydroxylation is 1. The molecule has 0 spiro atoms. The largest absolute Gasteiger partial charge is 0.481 e. The van der Waals surface area contributed by atoms with E-state index in [1.807, 2.05) is 13.0 Å². The minimum atomic E-state index is -4.56. The molecule has 0 aliphatic carbocycles. The first-order valence-electron chi connectivity index (χ1n) is 9.48. The van der Waals surface area contributed by atoms with Gasteiger partial charge in [0.2, 0.25) is 5.95 Å². The van der Waals surface area contributed by atoms with E-state index in [1.165, 1.54) is 0 Å². The molecule has 0 aliphatic heterocycles. The Kier molecular flexibility index (Phi) is 6.47. The van der Waals surface area contributed by atoms with Gasteiger partial charge in [-0.2, -0.15) is 13.2 Å². The molecule has 3 rings (SSSR count). The topological polar surface area (TPSA) is 101 Å². The smallest absolute Gasteiger partial charge is 0.433 e. The SMILES string of the molecule is CCC(Cc1ncc(-c2cc(C)cc(Nc3nccc(C(F)(F)F)n3)c2)cn1)C(=O)O. The standard InChI is InChI=1S/C21H20F3N5O2/c1-3-13(19(30)31)9-18-26-10-15(11-27-18)14-6-12(2)7-16(8-14)28-20-25-5-4-17(29-20)21(22,23)24/h4-8,10-11,13H,3,9H2,1-2H3,(H,30,31)(H,25,28,29). The Hall–Kier alpha value is -3.56. The third-order valence-corrected chi connectivity index (χ3v) is 4.59. The molecule has 0 fully saturated rings. The molecule has 1 unspecified atom stereocenters. The van der Waals surface area contributed by atoms with Crippen molar-refractivity contribution in [3.8, 4) is 11.1 Å². The number of benzene rings is 1. The van der Waals surface area contributed by atoms with Crippen molar-refractivity contribution in [1.82, 2.24) is 19.9 Å². The molecular weight excluding hydrogens is 411 g/mol. The minimum absolute atomic E-state index is 0.169. The van der Waals surface area contributed by atoms with Crippen molar-refractivity contribution in [3.63, 3.8) is 0 Å². The van der Waals surface area contributed by atoms with Crippen LogP contribution in [0.2, 0.25) is 0 Å². The molecule has 0 radical (unpaired) electrons. The van der Waals surface area contributed by atoms with E-state index in [4.69, 9.17) is 0 Å². The Labute approximate surface area is 176 Å². The Bertz CT molecular complexity index is 1070. The second-order valence-electron chi connectivity index (χ2n) is 7.01. The zero-order valence-corrected chi connectivity index (χ0v) is 16.8. The molecule has 31 heavy (non-hydrogen) atoms. The van der Waals surface area contributed by atoms with Gasteiger partial charge in [-0.15, -0.1) is 0 Å². The molecular formula is C21H20F3N5O2. The summed E-state index contributed by atoms with van der Waals surface area (Å²) in [7, 11) is 0. The number of rotatable bonds is 7. The number of carboxylic acids is 1. The molecule has 10 heteroatoms. The molecule has 2 heterocycles. The molecule has 1 atom stereocenters. The van der Waals surface area contributed by atoms with Crippen LogP contribution in [0.5, 0.6) is 0 Å². The number of hydrogen-bond acceptors (Lipinski definition) is 6. The van der Waals surface area contributed by atoms with Crippen molar-refractivity contribution >= 4 is 17.6 Å². The van der Waals surface area contributed by atoms with Gasteiger partial charge in [0.15, 0.2) is 0 Å². The number of alkyl halides is 3. The summed E-state index contributed by atoms with van der Waals surface area (Å²) in [5, 5.41) is 12.0. The first kappa shape index (κ1) is 22.1. The van der Waals surface area contributed by atoms with Gasteiger partial charge < -0.3 is 10.4 Å². The molecule has 0 aliphatic rings. The summed E-state index contributed by atoms with van der Waals surface area (Å²) in [5.74, 6) is -1.17. The predicted molar refractivity (Wildman–Crippen MR) is 108 cm³/mol. The zero-order valence-electron chi connectivity index (χ0n) is 16.8. The van der Waals surface area contributed by atoms with Crippen LogP contribution < -0.4 is 5.32 Å². The Morgan fingerprint density at radius 1 is 1.13 bits per heavy atom. The normalized spacial score (nSPS) is 12.4. The fourth-order valence-corrected chi connectivity index (χ4v) is 2.96. The van der Waals surface area contributed by atoms with E-state index in [1.54, 1.807) is 31.5 Å². The van der Waals surface area contributed by atoms with Gasteiger partial charge in [-0.05, 0) is 42.7 Å². The number of carboxylic acid groups (broad SMARTS) is 1. The van der Waals surface area contributed by atoms with Crippen molar-refractivity contribution in [3.05, 3.63) is 59.9 Å². The van der Waals surface area contributed by atoms with Gasteiger partial charge in [-0.25, -0.2) is 19.9 Å². The highest BCUT2D eigenvalue weighted by atomic mass is 19.4. The molecule has 0 amide bonds. The van der Waals surface area contributed by atoms with E-state index >= 15 is 0 Å². The van der Waals surface area contributed by atoms with Crippen LogP contribution in [-0.2, 0) is 17.4 Å². The molecule has 2 N–H and O–H groups in total. The van der Waals surface area contributed by atoms with Crippen molar-refractivity contribution < 1.29 is 23.1 Å². The van der Waals surface area contributed by atoms with Crippen LogP contribution in [0.3, 0.4) is 0 Å². The van der Waals surface area contributed by atoms with Gasteiger partial charge in [0.25, 0.3) is 0 Å². The van der Waals surface area contributed by atoms with Crippen LogP contribution in [0.4, 0.5) is 24.8 Å². The summed E-state index contributed by atoms with van der Waals surface area (Å²) in [4.78, 5) is 27.1. The fraction of sp³-hybridized carbons (Fsp3) is 0.286. The molecule has 7 nitrogen and oxygen atoms in total. The number of nitrogens with one attached hydrogen (secondary N) is 1. The Balaban J connectivity index is 1.82. The average Bonchev–Trinajstić information content (AvgIpc) is 2.71. The lowest BCUT2D eigenvalue weighted by atomic mass is 10.0. The first-order valence-corrected chi connectivity index (χ1v) is 9.48. The quantitative estimate of drug-likeness (QED) is 0.561. The zero-order chi connectivity index (χ0) is 22.6. The predicted octanol–water partition coefficient (Wildman–Crippen LogP) is 4.66. The highest BCUT2D eigenvalue weighted by Gasteiger charge is 2.32. The summed E-state index contributed by atoms with van der Waals surface area (Å²) >= 11 is 0. The monoisotopic (exact) mass is 431 g/mol. The fourth-order valence-electron chi connectivity index (χ4n) is 2.96. The van der Waals surface area contributed by atoms with Gasteiger partial charge in [0.05, 0.1) is 5.92 Å². The van der Waals surface area contributed by atoms with Gasteiger partial charge >= 0.3 is 12.1 Å². The number of nitrogens with zero attached hydrogens (tertiary/aromatic N) is 4. The maximum Gasteiger partial charge on any atom is 0.433 e. The van der Waals surface area contributed by atoms with Crippen molar-refractivity contribution in [2.45, 2.75) is 32.9 Å². The molecule has 2 aromatic heterocycles. The van der Waals surface area contributed by atoms with E-state index in [0.717, 1.165) is 23.4 Å². The average molecular weight is 431 g/mol. The van der Waals surface area contributed by atoms with Gasteiger partial charge in [0.1, 0.15) is 11.5 Å².